The number of carbonyl (C=O) groups excluding carboxylic acids is 2. The second-order valence-corrected chi connectivity index (χ2v) is 14.1. The minimum absolute atomic E-state index is 0.0345. The van der Waals surface area contributed by atoms with E-state index in [0.717, 1.165) is 48.4 Å². The van der Waals surface area contributed by atoms with E-state index in [9.17, 15) is 9.59 Å². The molecular weight excluding hydrogens is 570 g/mol. The maximum absolute atomic E-state index is 12.6. The summed E-state index contributed by atoms with van der Waals surface area (Å²) >= 11 is 0. The lowest BCUT2D eigenvalue weighted by Gasteiger charge is -2.24. The van der Waals surface area contributed by atoms with Gasteiger partial charge in [-0.25, -0.2) is 4.98 Å². The molecule has 1 aromatic heterocycles. The summed E-state index contributed by atoms with van der Waals surface area (Å²) in [5.74, 6) is 1.04. The van der Waals surface area contributed by atoms with E-state index in [4.69, 9.17) is 13.9 Å². The number of ether oxygens (including phenoxy) is 2. The molecule has 10 heteroatoms. The van der Waals surface area contributed by atoms with Gasteiger partial charge in [0.15, 0.2) is 5.76 Å². The molecule has 4 atom stereocenters. The summed E-state index contributed by atoms with van der Waals surface area (Å²) in [5, 5.41) is 12.8. The first-order chi connectivity index (χ1) is 21.3. The zero-order chi connectivity index (χ0) is 32.2. The Labute approximate surface area is 266 Å². The SMILES string of the molecule is CC(C)(C)O[C@H]1CN[C@H](CC(=O)Nc2ccc(-c3cnc(-c4ccc(NC(=O)C[C@@H]5C[C@@H](OC(C)(C)C)CN5)cc4)o3)cc2)C1. The molecule has 0 saturated carbocycles. The van der Waals surface area contributed by atoms with Crippen LogP contribution in [0.15, 0.2) is 59.1 Å². The number of anilines is 2. The quantitative estimate of drug-likeness (QED) is 0.226. The summed E-state index contributed by atoms with van der Waals surface area (Å²) in [6.45, 7) is 13.8. The van der Waals surface area contributed by atoms with E-state index in [1.165, 1.54) is 0 Å². The molecule has 5 rings (SSSR count). The van der Waals surface area contributed by atoms with Gasteiger partial charge in [-0.15, -0.1) is 0 Å². The Morgan fingerprint density at radius 1 is 0.756 bits per heavy atom. The van der Waals surface area contributed by atoms with Crippen molar-refractivity contribution >= 4 is 23.2 Å². The van der Waals surface area contributed by atoms with Gasteiger partial charge in [-0.2, -0.15) is 0 Å². The molecule has 45 heavy (non-hydrogen) atoms. The predicted octanol–water partition coefficient (Wildman–Crippen LogP) is 5.76. The van der Waals surface area contributed by atoms with Crippen LogP contribution in [0.3, 0.4) is 0 Å². The average Bonchev–Trinajstić information content (AvgIpc) is 3.70. The first-order valence-corrected chi connectivity index (χ1v) is 15.9. The number of rotatable bonds is 10. The van der Waals surface area contributed by atoms with Gasteiger partial charge < -0.3 is 35.2 Å². The summed E-state index contributed by atoms with van der Waals surface area (Å²) in [5.41, 5.74) is 2.71. The van der Waals surface area contributed by atoms with Crippen LogP contribution in [0, 0.1) is 0 Å². The molecule has 0 bridgehead atoms. The summed E-state index contributed by atoms with van der Waals surface area (Å²) in [6.07, 6.45) is 4.36. The van der Waals surface area contributed by atoms with Crippen LogP contribution >= 0.6 is 0 Å². The second-order valence-electron chi connectivity index (χ2n) is 14.1. The largest absolute Gasteiger partial charge is 0.436 e. The minimum Gasteiger partial charge on any atom is -0.436 e. The Balaban J connectivity index is 1.08. The van der Waals surface area contributed by atoms with E-state index in [1.807, 2.05) is 90.1 Å². The molecule has 2 aliphatic rings. The normalized spacial score (nSPS) is 22.0. The van der Waals surface area contributed by atoms with Gasteiger partial charge in [0.05, 0.1) is 29.6 Å². The first kappa shape index (κ1) is 32.8. The van der Waals surface area contributed by atoms with Crippen molar-refractivity contribution in [2.24, 2.45) is 0 Å². The number of hydrogen-bond acceptors (Lipinski definition) is 8. The summed E-state index contributed by atoms with van der Waals surface area (Å²) in [4.78, 5) is 29.7. The number of aromatic nitrogens is 1. The van der Waals surface area contributed by atoms with Crippen LogP contribution in [0.4, 0.5) is 11.4 Å². The molecule has 2 fully saturated rings. The highest BCUT2D eigenvalue weighted by Crippen LogP contribution is 2.28. The number of carbonyl (C=O) groups is 2. The van der Waals surface area contributed by atoms with E-state index in [0.29, 0.717) is 24.5 Å². The lowest BCUT2D eigenvalue weighted by atomic mass is 10.1. The molecule has 0 aliphatic carbocycles. The minimum atomic E-state index is -0.196. The number of amides is 2. The van der Waals surface area contributed by atoms with Crippen LogP contribution in [0.1, 0.15) is 67.2 Å². The highest BCUT2D eigenvalue weighted by atomic mass is 16.5. The van der Waals surface area contributed by atoms with E-state index in [-0.39, 0.29) is 47.3 Å². The topological polar surface area (TPSA) is 127 Å². The Morgan fingerprint density at radius 3 is 1.64 bits per heavy atom. The van der Waals surface area contributed by atoms with Crippen molar-refractivity contribution in [1.82, 2.24) is 15.6 Å². The predicted molar refractivity (Wildman–Crippen MR) is 176 cm³/mol. The monoisotopic (exact) mass is 617 g/mol. The lowest BCUT2D eigenvalue weighted by molar-refractivity contribution is -0.117. The van der Waals surface area contributed by atoms with Gasteiger partial charge in [0.1, 0.15) is 0 Å². The highest BCUT2D eigenvalue weighted by molar-refractivity contribution is 5.92. The molecule has 2 aromatic carbocycles. The standard InChI is InChI=1S/C35H47N5O5/c1-34(2,3)44-28-15-26(36-19-28)17-31(41)39-24-11-7-22(8-12-24)30-21-38-33(43-30)23-9-13-25(14-10-23)40-32(42)18-27-16-29(20-37-27)45-35(4,5)6/h7-14,21,26-29,36-37H,15-20H2,1-6H3,(H,39,41)(H,40,42)/t26-,27-,28+,29+/m0/s1. The van der Waals surface area contributed by atoms with Crippen LogP contribution in [-0.4, -0.2) is 65.4 Å². The fourth-order valence-corrected chi connectivity index (χ4v) is 5.88. The summed E-state index contributed by atoms with van der Waals surface area (Å²) in [7, 11) is 0. The van der Waals surface area contributed by atoms with Gasteiger partial charge in [-0.1, -0.05) is 0 Å². The van der Waals surface area contributed by atoms with Crippen molar-refractivity contribution in [3.05, 3.63) is 54.7 Å². The van der Waals surface area contributed by atoms with Crippen molar-refractivity contribution in [3.63, 3.8) is 0 Å². The van der Waals surface area contributed by atoms with Crippen LogP contribution < -0.4 is 21.3 Å². The maximum Gasteiger partial charge on any atom is 0.226 e. The van der Waals surface area contributed by atoms with Crippen molar-refractivity contribution in [1.29, 1.82) is 0 Å². The number of nitrogens with zero attached hydrogens (tertiary/aromatic N) is 1. The fraction of sp³-hybridized carbons (Fsp3) is 0.514. The molecule has 2 amide bonds. The number of hydrogen-bond donors (Lipinski definition) is 4. The Hall–Kier alpha value is -3.57. The van der Waals surface area contributed by atoms with Crippen molar-refractivity contribution < 1.29 is 23.5 Å². The van der Waals surface area contributed by atoms with Gasteiger partial charge >= 0.3 is 0 Å². The van der Waals surface area contributed by atoms with Gasteiger partial charge in [-0.3, -0.25) is 9.59 Å². The van der Waals surface area contributed by atoms with Crippen molar-refractivity contribution in [3.8, 4) is 22.8 Å². The Kier molecular flexibility index (Phi) is 10.1. The molecule has 10 nitrogen and oxygen atoms in total. The number of nitrogens with one attached hydrogen (secondary N) is 4. The molecule has 0 spiro atoms. The molecule has 242 valence electrons. The van der Waals surface area contributed by atoms with Gasteiger partial charge in [-0.05, 0) is 103 Å². The molecule has 2 saturated heterocycles. The van der Waals surface area contributed by atoms with E-state index >= 15 is 0 Å². The number of benzene rings is 2. The van der Waals surface area contributed by atoms with Crippen LogP contribution in [0.5, 0.6) is 0 Å². The molecule has 2 aliphatic heterocycles. The molecule has 0 radical (unpaired) electrons. The number of oxazole rings is 1. The third kappa shape index (κ3) is 9.96. The molecule has 3 heterocycles. The fourth-order valence-electron chi connectivity index (χ4n) is 5.88. The third-order valence-corrected chi connectivity index (χ3v) is 7.64. The lowest BCUT2D eigenvalue weighted by Crippen LogP contribution is -2.28. The molecular formula is C35H47N5O5. The van der Waals surface area contributed by atoms with Gasteiger partial charge in [0.25, 0.3) is 0 Å². The maximum atomic E-state index is 12.6. The van der Waals surface area contributed by atoms with Gasteiger partial charge in [0.2, 0.25) is 17.7 Å². The smallest absolute Gasteiger partial charge is 0.226 e. The van der Waals surface area contributed by atoms with E-state index in [2.05, 4.69) is 26.3 Å². The Morgan fingerprint density at radius 2 is 1.20 bits per heavy atom. The third-order valence-electron chi connectivity index (χ3n) is 7.64. The molecule has 3 aromatic rings. The molecule has 0 unspecified atom stereocenters. The van der Waals surface area contributed by atoms with Gasteiger partial charge in [0, 0.05) is 60.5 Å². The van der Waals surface area contributed by atoms with E-state index < -0.39 is 0 Å². The summed E-state index contributed by atoms with van der Waals surface area (Å²) in [6, 6.07) is 15.2. The zero-order valence-electron chi connectivity index (χ0n) is 27.2. The van der Waals surface area contributed by atoms with Crippen molar-refractivity contribution in [2.75, 3.05) is 23.7 Å². The van der Waals surface area contributed by atoms with Crippen LogP contribution in [0.2, 0.25) is 0 Å². The zero-order valence-corrected chi connectivity index (χ0v) is 27.2. The van der Waals surface area contributed by atoms with Crippen LogP contribution in [0.25, 0.3) is 22.8 Å². The summed E-state index contributed by atoms with van der Waals surface area (Å²) < 4.78 is 18.1. The van der Waals surface area contributed by atoms with Crippen molar-refractivity contribution in [2.45, 2.75) is 103 Å². The first-order valence-electron chi connectivity index (χ1n) is 15.9. The average molecular weight is 618 g/mol. The Bertz CT molecular complexity index is 1330. The van der Waals surface area contributed by atoms with Crippen LogP contribution in [-0.2, 0) is 19.1 Å². The molecule has 4 N–H and O–H groups in total. The second kappa shape index (κ2) is 13.8. The highest BCUT2D eigenvalue weighted by Gasteiger charge is 2.30. The van der Waals surface area contributed by atoms with E-state index in [1.54, 1.807) is 6.20 Å².